The Balaban J connectivity index is 2.87. The van der Waals surface area contributed by atoms with Crippen LogP contribution < -0.4 is 5.14 Å². The van der Waals surface area contributed by atoms with Gasteiger partial charge in [-0.2, -0.15) is 0 Å². The molecule has 1 aromatic heterocycles. The van der Waals surface area contributed by atoms with Crippen molar-refractivity contribution in [3.63, 3.8) is 0 Å². The lowest BCUT2D eigenvalue weighted by molar-refractivity contribution is 0.100. The number of carbonyl (C=O) groups excluding carboxylic acids is 1. The van der Waals surface area contributed by atoms with Crippen molar-refractivity contribution in [2.75, 3.05) is 0 Å². The second-order valence-electron chi connectivity index (χ2n) is 2.32. The van der Waals surface area contributed by atoms with Crippen molar-refractivity contribution in [3.05, 3.63) is 24.0 Å². The number of aromatic nitrogens is 1. The first-order valence-corrected chi connectivity index (χ1v) is 4.73. The highest BCUT2D eigenvalue weighted by atomic mass is 32.2. The van der Waals surface area contributed by atoms with Crippen molar-refractivity contribution in [2.24, 2.45) is 9.50 Å². The minimum absolute atomic E-state index is 0.102. The summed E-state index contributed by atoms with van der Waals surface area (Å²) in [6.07, 6.45) is 1.44. The number of fused-ring (bicyclic) bond motifs is 1. The van der Waals surface area contributed by atoms with E-state index in [0.29, 0.717) is 0 Å². The monoisotopic (exact) mass is 183 g/mol. The van der Waals surface area contributed by atoms with Gasteiger partial charge >= 0.3 is 5.91 Å². The van der Waals surface area contributed by atoms with Crippen molar-refractivity contribution >= 4 is 15.8 Å². The normalized spacial score (nSPS) is 26.6. The molecule has 2 rings (SSSR count). The van der Waals surface area contributed by atoms with Gasteiger partial charge in [0.05, 0.1) is 4.90 Å². The third kappa shape index (κ3) is 0.853. The van der Waals surface area contributed by atoms with Crippen molar-refractivity contribution in [1.29, 1.82) is 0 Å². The number of carbonyl (C=O) groups is 1. The molecule has 1 amide bonds. The molecular formula is C6H5N3O2S. The predicted molar refractivity (Wildman–Crippen MR) is 41.6 cm³/mol. The molecule has 2 heterocycles. The lowest BCUT2D eigenvalue weighted by atomic mass is 10.3. The molecule has 62 valence electrons. The van der Waals surface area contributed by atoms with Crippen LogP contribution in [0.5, 0.6) is 0 Å². The molecule has 0 spiro atoms. The van der Waals surface area contributed by atoms with Gasteiger partial charge in [-0.3, -0.25) is 4.79 Å². The largest absolute Gasteiger partial charge is 0.306 e. The maximum absolute atomic E-state index is 11.4. The summed E-state index contributed by atoms with van der Waals surface area (Å²) < 4.78 is 14.7. The van der Waals surface area contributed by atoms with E-state index >= 15 is 0 Å². The van der Waals surface area contributed by atoms with E-state index in [1.54, 1.807) is 6.07 Å². The minimum atomic E-state index is -2.99. The fourth-order valence-corrected chi connectivity index (χ4v) is 2.12. The number of nitrogens with two attached hydrogens (primary N) is 1. The predicted octanol–water partition coefficient (Wildman–Crippen LogP) is -0.0640. The van der Waals surface area contributed by atoms with Crippen LogP contribution in [0.3, 0.4) is 0 Å². The van der Waals surface area contributed by atoms with E-state index in [0.717, 1.165) is 0 Å². The molecule has 2 N–H and O–H groups in total. The van der Waals surface area contributed by atoms with Crippen LogP contribution in [0.1, 0.15) is 10.5 Å². The van der Waals surface area contributed by atoms with Crippen LogP contribution in [0.2, 0.25) is 0 Å². The van der Waals surface area contributed by atoms with Crippen LogP contribution in [0.15, 0.2) is 27.6 Å². The standard InChI is InChI=1S/C6H5N3O2S/c7-12(11)4-2-1-3-8-5(4)6(10)9-12/h1-3H,(H2,7,9,10,11). The lowest BCUT2D eigenvalue weighted by Gasteiger charge is -1.95. The van der Waals surface area contributed by atoms with Crippen LogP contribution in [0, 0.1) is 0 Å². The van der Waals surface area contributed by atoms with Gasteiger partial charge in [0, 0.05) is 6.20 Å². The summed E-state index contributed by atoms with van der Waals surface area (Å²) >= 11 is 0. The highest BCUT2D eigenvalue weighted by Crippen LogP contribution is 2.20. The van der Waals surface area contributed by atoms with E-state index in [1.807, 2.05) is 0 Å². The van der Waals surface area contributed by atoms with E-state index in [4.69, 9.17) is 5.14 Å². The van der Waals surface area contributed by atoms with Gasteiger partial charge < -0.3 is 0 Å². The smallest absolute Gasteiger partial charge is 0.264 e. The number of amides is 1. The molecule has 0 saturated carbocycles. The zero-order chi connectivity index (χ0) is 8.77. The van der Waals surface area contributed by atoms with E-state index in [2.05, 4.69) is 9.35 Å². The van der Waals surface area contributed by atoms with Gasteiger partial charge in [-0.1, -0.05) is 0 Å². The summed E-state index contributed by atoms with van der Waals surface area (Å²) in [5.41, 5.74) is 0.102. The SMILES string of the molecule is NS1(=O)=NC(=O)c2ncccc21. The number of hydrogen-bond donors (Lipinski definition) is 1. The molecule has 1 aliphatic rings. The molecule has 0 saturated heterocycles. The van der Waals surface area contributed by atoms with Gasteiger partial charge in [0.15, 0.2) is 0 Å². The molecule has 1 unspecified atom stereocenters. The average Bonchev–Trinajstić information content (AvgIpc) is 2.25. The maximum Gasteiger partial charge on any atom is 0.306 e. The Kier molecular flexibility index (Phi) is 1.30. The maximum atomic E-state index is 11.4. The number of rotatable bonds is 0. The van der Waals surface area contributed by atoms with Crippen LogP contribution in [0.25, 0.3) is 0 Å². The second-order valence-corrected chi connectivity index (χ2v) is 4.07. The van der Waals surface area contributed by atoms with E-state index < -0.39 is 15.8 Å². The third-order valence-corrected chi connectivity index (χ3v) is 2.90. The Labute approximate surface area is 68.9 Å². The Morgan fingerprint density at radius 1 is 1.50 bits per heavy atom. The summed E-state index contributed by atoms with van der Waals surface area (Å²) in [4.78, 5) is 15.0. The van der Waals surface area contributed by atoms with Crippen molar-refractivity contribution in [2.45, 2.75) is 4.90 Å². The molecule has 5 nitrogen and oxygen atoms in total. The molecule has 1 aliphatic heterocycles. The number of nitrogens with zero attached hydrogens (tertiary/aromatic N) is 2. The summed E-state index contributed by atoms with van der Waals surface area (Å²) in [5, 5.41) is 5.28. The zero-order valence-corrected chi connectivity index (χ0v) is 6.75. The molecule has 0 radical (unpaired) electrons. The summed E-state index contributed by atoms with van der Waals surface area (Å²) in [6, 6.07) is 3.07. The van der Waals surface area contributed by atoms with Crippen molar-refractivity contribution < 1.29 is 9.00 Å². The number of pyridine rings is 1. The topological polar surface area (TPSA) is 85.4 Å². The van der Waals surface area contributed by atoms with E-state index in [9.17, 15) is 9.00 Å². The average molecular weight is 183 g/mol. The molecule has 0 aromatic carbocycles. The second kappa shape index (κ2) is 2.11. The fourth-order valence-electron chi connectivity index (χ4n) is 1.00. The van der Waals surface area contributed by atoms with E-state index in [-0.39, 0.29) is 10.6 Å². The molecule has 0 fully saturated rings. The molecule has 12 heavy (non-hydrogen) atoms. The Bertz CT molecular complexity index is 473. The summed E-state index contributed by atoms with van der Waals surface area (Å²) in [6.45, 7) is 0. The third-order valence-electron chi connectivity index (χ3n) is 1.51. The minimum Gasteiger partial charge on any atom is -0.264 e. The van der Waals surface area contributed by atoms with Gasteiger partial charge in [0.1, 0.15) is 15.6 Å². The first-order valence-electron chi connectivity index (χ1n) is 3.15. The van der Waals surface area contributed by atoms with Crippen molar-refractivity contribution in [1.82, 2.24) is 4.98 Å². The molecule has 1 atom stereocenters. The molecular weight excluding hydrogens is 178 g/mol. The Morgan fingerprint density at radius 3 is 2.92 bits per heavy atom. The van der Waals surface area contributed by atoms with Gasteiger partial charge in [-0.25, -0.2) is 14.3 Å². The first kappa shape index (κ1) is 7.38. The van der Waals surface area contributed by atoms with Crippen molar-refractivity contribution in [3.8, 4) is 0 Å². The van der Waals surface area contributed by atoms with Crippen LogP contribution in [0.4, 0.5) is 0 Å². The lowest BCUT2D eigenvalue weighted by Crippen LogP contribution is -2.09. The Morgan fingerprint density at radius 2 is 2.25 bits per heavy atom. The quantitative estimate of drug-likeness (QED) is 0.611. The number of hydrogen-bond acceptors (Lipinski definition) is 3. The van der Waals surface area contributed by atoms with Crippen LogP contribution >= 0.6 is 0 Å². The zero-order valence-electron chi connectivity index (χ0n) is 5.93. The summed E-state index contributed by atoms with van der Waals surface area (Å²) in [7, 11) is -2.99. The highest BCUT2D eigenvalue weighted by Gasteiger charge is 2.26. The van der Waals surface area contributed by atoms with Crippen LogP contribution in [-0.4, -0.2) is 15.1 Å². The molecule has 0 aliphatic carbocycles. The van der Waals surface area contributed by atoms with Gasteiger partial charge in [-0.15, -0.1) is 4.36 Å². The Hall–Kier alpha value is -1.27. The fraction of sp³-hybridized carbons (Fsp3) is 0. The van der Waals surface area contributed by atoms with Crippen LogP contribution in [-0.2, 0) is 9.92 Å². The molecule has 6 heteroatoms. The highest BCUT2D eigenvalue weighted by molar-refractivity contribution is 7.92. The molecule has 1 aromatic rings. The van der Waals surface area contributed by atoms with E-state index in [1.165, 1.54) is 12.3 Å². The summed E-state index contributed by atoms with van der Waals surface area (Å²) in [5.74, 6) is -0.599. The van der Waals surface area contributed by atoms with Gasteiger partial charge in [0.2, 0.25) is 0 Å². The van der Waals surface area contributed by atoms with Gasteiger partial charge in [-0.05, 0) is 12.1 Å². The van der Waals surface area contributed by atoms with Gasteiger partial charge in [0.25, 0.3) is 0 Å². The molecule has 0 bridgehead atoms. The first-order chi connectivity index (χ1) is 5.61.